The van der Waals surface area contributed by atoms with E-state index in [-0.39, 0.29) is 31.1 Å². The van der Waals surface area contributed by atoms with Gasteiger partial charge in [0.05, 0.1) is 0 Å². The van der Waals surface area contributed by atoms with E-state index in [1.165, 1.54) is 173 Å². The zero-order valence-corrected chi connectivity index (χ0v) is 38.1. The Bertz CT molecular complexity index is 843. The molecule has 0 fully saturated rings. The first-order valence-corrected chi connectivity index (χ1v) is 24.9. The number of carbonyl (C=O) groups is 3. The van der Waals surface area contributed by atoms with Crippen LogP contribution in [-0.4, -0.2) is 37.2 Å². The van der Waals surface area contributed by atoms with Gasteiger partial charge >= 0.3 is 17.9 Å². The molecule has 0 spiro atoms. The third-order valence-electron chi connectivity index (χ3n) is 11.7. The van der Waals surface area contributed by atoms with E-state index in [1.54, 1.807) is 0 Å². The summed E-state index contributed by atoms with van der Waals surface area (Å²) in [7, 11) is 0. The molecule has 332 valence electrons. The van der Waals surface area contributed by atoms with Crippen LogP contribution in [0.2, 0.25) is 0 Å². The van der Waals surface area contributed by atoms with Gasteiger partial charge in [0.25, 0.3) is 0 Å². The van der Waals surface area contributed by atoms with Gasteiger partial charge in [-0.25, -0.2) is 0 Å². The molecule has 0 bridgehead atoms. The molecule has 0 aliphatic heterocycles. The molecule has 0 amide bonds. The largest absolute Gasteiger partial charge is 0.462 e. The standard InChI is InChI=1S/C50H96O6/c1-5-8-10-12-14-16-18-19-20-21-22-23-25-30-34-38-42-49(52)55-45-47(44-54-48(51)41-37-33-29-24-17-15-13-11-9-6-2)56-50(53)43-39-35-31-27-26-28-32-36-40-46(4)7-3/h46-47H,5-45H2,1-4H3/t46?,47-/m0/s1. The molecule has 56 heavy (non-hydrogen) atoms. The average molecular weight is 793 g/mol. The van der Waals surface area contributed by atoms with Crippen LogP contribution < -0.4 is 0 Å². The van der Waals surface area contributed by atoms with E-state index in [0.717, 1.165) is 63.7 Å². The van der Waals surface area contributed by atoms with E-state index >= 15 is 0 Å². The van der Waals surface area contributed by atoms with Crippen molar-refractivity contribution in [3.8, 4) is 0 Å². The van der Waals surface area contributed by atoms with Crippen molar-refractivity contribution in [1.29, 1.82) is 0 Å². The number of unbranched alkanes of at least 4 members (excludes halogenated alkanes) is 31. The molecule has 1 unspecified atom stereocenters. The highest BCUT2D eigenvalue weighted by Gasteiger charge is 2.19. The highest BCUT2D eigenvalue weighted by Crippen LogP contribution is 2.17. The smallest absolute Gasteiger partial charge is 0.306 e. The fraction of sp³-hybridized carbons (Fsp3) is 0.940. The van der Waals surface area contributed by atoms with Crippen LogP contribution in [0.4, 0.5) is 0 Å². The van der Waals surface area contributed by atoms with E-state index in [0.29, 0.717) is 19.3 Å². The van der Waals surface area contributed by atoms with Crippen LogP contribution in [0.15, 0.2) is 0 Å². The molecule has 0 aromatic rings. The van der Waals surface area contributed by atoms with Crippen molar-refractivity contribution in [2.45, 2.75) is 284 Å². The number of carbonyl (C=O) groups excluding carboxylic acids is 3. The fourth-order valence-electron chi connectivity index (χ4n) is 7.48. The Morgan fingerprint density at radius 2 is 0.625 bits per heavy atom. The lowest BCUT2D eigenvalue weighted by molar-refractivity contribution is -0.167. The second-order valence-electron chi connectivity index (χ2n) is 17.3. The first-order valence-electron chi connectivity index (χ1n) is 24.9. The van der Waals surface area contributed by atoms with Gasteiger partial charge in [-0.1, -0.05) is 240 Å². The maximum Gasteiger partial charge on any atom is 0.306 e. The third-order valence-corrected chi connectivity index (χ3v) is 11.7. The van der Waals surface area contributed by atoms with Crippen molar-refractivity contribution in [1.82, 2.24) is 0 Å². The molecule has 0 aromatic heterocycles. The number of esters is 3. The van der Waals surface area contributed by atoms with Crippen molar-refractivity contribution in [2.75, 3.05) is 13.2 Å². The normalized spacial score (nSPS) is 12.4. The van der Waals surface area contributed by atoms with E-state index < -0.39 is 6.10 Å². The highest BCUT2D eigenvalue weighted by atomic mass is 16.6. The number of hydrogen-bond donors (Lipinski definition) is 0. The summed E-state index contributed by atoms with van der Waals surface area (Å²) >= 11 is 0. The van der Waals surface area contributed by atoms with Crippen LogP contribution in [-0.2, 0) is 28.6 Å². The van der Waals surface area contributed by atoms with E-state index in [1.807, 2.05) is 0 Å². The van der Waals surface area contributed by atoms with E-state index in [9.17, 15) is 14.4 Å². The summed E-state index contributed by atoms with van der Waals surface area (Å²) in [6.45, 7) is 9.01. The van der Waals surface area contributed by atoms with Gasteiger partial charge < -0.3 is 14.2 Å². The average Bonchev–Trinajstić information content (AvgIpc) is 3.19. The Labute approximate surface area is 348 Å². The lowest BCUT2D eigenvalue weighted by atomic mass is 9.99. The monoisotopic (exact) mass is 793 g/mol. The predicted molar refractivity (Wildman–Crippen MR) is 238 cm³/mol. The van der Waals surface area contributed by atoms with Crippen LogP contribution in [0.3, 0.4) is 0 Å². The van der Waals surface area contributed by atoms with Crippen molar-refractivity contribution in [3.63, 3.8) is 0 Å². The zero-order chi connectivity index (χ0) is 41.0. The molecule has 0 aliphatic rings. The Morgan fingerprint density at radius 3 is 0.929 bits per heavy atom. The number of rotatable bonds is 45. The summed E-state index contributed by atoms with van der Waals surface area (Å²) in [5, 5.41) is 0. The molecule has 6 heteroatoms. The van der Waals surface area contributed by atoms with Gasteiger partial charge in [-0.15, -0.1) is 0 Å². The minimum atomic E-state index is -0.760. The molecular weight excluding hydrogens is 697 g/mol. The molecule has 0 radical (unpaired) electrons. The summed E-state index contributed by atoms with van der Waals surface area (Å²) in [6, 6.07) is 0. The molecule has 6 nitrogen and oxygen atoms in total. The molecular formula is C50H96O6. The van der Waals surface area contributed by atoms with Gasteiger partial charge in [0.2, 0.25) is 0 Å². The first-order chi connectivity index (χ1) is 27.4. The Balaban J connectivity index is 4.29. The van der Waals surface area contributed by atoms with Gasteiger partial charge in [0.1, 0.15) is 13.2 Å². The van der Waals surface area contributed by atoms with Crippen molar-refractivity contribution in [3.05, 3.63) is 0 Å². The quantitative estimate of drug-likeness (QED) is 0.0347. The maximum absolute atomic E-state index is 12.7. The molecule has 0 saturated heterocycles. The minimum Gasteiger partial charge on any atom is -0.462 e. The van der Waals surface area contributed by atoms with E-state index in [2.05, 4.69) is 27.7 Å². The SMILES string of the molecule is CCCCCCCCCCCCCCCCCCC(=O)OC[C@H](COC(=O)CCCCCCCCCCCC)OC(=O)CCCCCCCCCCC(C)CC. The van der Waals surface area contributed by atoms with Crippen LogP contribution in [0.25, 0.3) is 0 Å². The number of ether oxygens (including phenoxy) is 3. The van der Waals surface area contributed by atoms with Crippen molar-refractivity contribution in [2.24, 2.45) is 5.92 Å². The Morgan fingerprint density at radius 1 is 0.357 bits per heavy atom. The van der Waals surface area contributed by atoms with Crippen LogP contribution in [0.1, 0.15) is 278 Å². The molecule has 0 N–H and O–H groups in total. The van der Waals surface area contributed by atoms with Crippen molar-refractivity contribution < 1.29 is 28.6 Å². The first kappa shape index (κ1) is 54.4. The topological polar surface area (TPSA) is 78.9 Å². The summed E-state index contributed by atoms with van der Waals surface area (Å²) in [5.41, 5.74) is 0. The molecule has 0 rings (SSSR count). The van der Waals surface area contributed by atoms with Crippen LogP contribution in [0, 0.1) is 5.92 Å². The lowest BCUT2D eigenvalue weighted by Crippen LogP contribution is -2.30. The van der Waals surface area contributed by atoms with Crippen LogP contribution in [0.5, 0.6) is 0 Å². The highest BCUT2D eigenvalue weighted by molar-refractivity contribution is 5.71. The Hall–Kier alpha value is -1.59. The fourth-order valence-corrected chi connectivity index (χ4v) is 7.48. The zero-order valence-electron chi connectivity index (χ0n) is 38.1. The molecule has 0 aliphatic carbocycles. The van der Waals surface area contributed by atoms with Gasteiger partial charge in [0.15, 0.2) is 6.10 Å². The molecule has 0 saturated carbocycles. The summed E-state index contributed by atoms with van der Waals surface area (Å²) in [5.74, 6) is -0.00558. The third kappa shape index (κ3) is 42.0. The summed E-state index contributed by atoms with van der Waals surface area (Å²) in [4.78, 5) is 37.8. The second kappa shape index (κ2) is 44.5. The molecule has 0 aromatic carbocycles. The second-order valence-corrected chi connectivity index (χ2v) is 17.3. The minimum absolute atomic E-state index is 0.0635. The number of hydrogen-bond acceptors (Lipinski definition) is 6. The Kier molecular flexibility index (Phi) is 43.2. The van der Waals surface area contributed by atoms with Gasteiger partial charge in [0, 0.05) is 19.3 Å². The van der Waals surface area contributed by atoms with E-state index in [4.69, 9.17) is 14.2 Å². The van der Waals surface area contributed by atoms with Crippen molar-refractivity contribution >= 4 is 17.9 Å². The molecule has 0 heterocycles. The lowest BCUT2D eigenvalue weighted by Gasteiger charge is -2.18. The van der Waals surface area contributed by atoms with Gasteiger partial charge in [-0.2, -0.15) is 0 Å². The van der Waals surface area contributed by atoms with Crippen LogP contribution >= 0.6 is 0 Å². The summed E-state index contributed by atoms with van der Waals surface area (Å²) in [6.07, 6.45) is 45.1. The summed E-state index contributed by atoms with van der Waals surface area (Å²) < 4.78 is 16.8. The predicted octanol–water partition coefficient (Wildman–Crippen LogP) is 15.9. The van der Waals surface area contributed by atoms with Gasteiger partial charge in [-0.3, -0.25) is 14.4 Å². The maximum atomic E-state index is 12.7. The van der Waals surface area contributed by atoms with Gasteiger partial charge in [-0.05, 0) is 25.2 Å². The molecule has 2 atom stereocenters.